The Morgan fingerprint density at radius 3 is 2.20 bits per heavy atom. The van der Waals surface area contributed by atoms with Crippen molar-refractivity contribution in [2.75, 3.05) is 11.3 Å². The van der Waals surface area contributed by atoms with E-state index in [0.29, 0.717) is 17.9 Å². The molecular weight excluding hydrogens is 400 g/mol. The monoisotopic (exact) mass is 424 g/mol. The van der Waals surface area contributed by atoms with E-state index in [1.54, 1.807) is 48.5 Å². The Balaban J connectivity index is 1.56. The Bertz CT molecular complexity index is 1080. The lowest BCUT2D eigenvalue weighted by Gasteiger charge is -2.15. The fraction of sp³-hybridized carbons (Fsp3) is 0.174. The number of anilines is 1. The third-order valence-corrected chi connectivity index (χ3v) is 5.75. The molecule has 3 aromatic rings. The second-order valence-electron chi connectivity index (χ2n) is 6.99. The van der Waals surface area contributed by atoms with E-state index in [2.05, 4.69) is 10.0 Å². The Hall–Kier alpha value is -3.32. The van der Waals surface area contributed by atoms with Gasteiger partial charge in [0.25, 0.3) is 15.9 Å². The van der Waals surface area contributed by atoms with Crippen LogP contribution in [-0.4, -0.2) is 27.0 Å². The highest BCUT2D eigenvalue weighted by Crippen LogP contribution is 2.17. The molecule has 0 radical (unpaired) electrons. The van der Waals surface area contributed by atoms with Gasteiger partial charge in [-0.3, -0.25) is 9.52 Å². The number of aryl methyl sites for hydroxylation is 1. The minimum Gasteiger partial charge on any atom is -0.491 e. The molecule has 0 unspecified atom stereocenters. The predicted octanol–water partition coefficient (Wildman–Crippen LogP) is 3.99. The summed E-state index contributed by atoms with van der Waals surface area (Å²) in [7, 11) is -3.68. The number of nitrogens with one attached hydrogen (secondary N) is 2. The number of para-hydroxylation sites is 1. The van der Waals surface area contributed by atoms with Gasteiger partial charge in [0.15, 0.2) is 0 Å². The minimum absolute atomic E-state index is 0.183. The van der Waals surface area contributed by atoms with Gasteiger partial charge < -0.3 is 10.1 Å². The van der Waals surface area contributed by atoms with Crippen molar-refractivity contribution in [3.8, 4) is 5.75 Å². The molecule has 0 saturated heterocycles. The SMILES string of the molecule is Cc1ccc(S(=O)(=O)Nc2ccc(C(=O)N[C@H](C)COc3ccccc3)cc2)cc1. The van der Waals surface area contributed by atoms with Crippen molar-refractivity contribution in [3.05, 3.63) is 90.0 Å². The number of sulfonamides is 1. The van der Waals surface area contributed by atoms with Gasteiger partial charge in [-0.25, -0.2) is 8.42 Å². The molecular formula is C23H24N2O4S. The van der Waals surface area contributed by atoms with E-state index < -0.39 is 10.0 Å². The van der Waals surface area contributed by atoms with Crippen molar-refractivity contribution in [2.45, 2.75) is 24.8 Å². The van der Waals surface area contributed by atoms with Gasteiger partial charge in [-0.15, -0.1) is 0 Å². The fourth-order valence-electron chi connectivity index (χ4n) is 2.71. The molecule has 1 amide bonds. The summed E-state index contributed by atoms with van der Waals surface area (Å²) in [5.41, 5.74) is 1.79. The van der Waals surface area contributed by atoms with Crippen LogP contribution in [0.3, 0.4) is 0 Å². The van der Waals surface area contributed by atoms with E-state index in [9.17, 15) is 13.2 Å². The molecule has 2 N–H and O–H groups in total. The maximum atomic E-state index is 12.5. The Kier molecular flexibility index (Phi) is 6.74. The van der Waals surface area contributed by atoms with Crippen LogP contribution in [0.25, 0.3) is 0 Å². The molecule has 156 valence electrons. The number of rotatable bonds is 8. The first-order valence-corrected chi connectivity index (χ1v) is 11.0. The van der Waals surface area contributed by atoms with Crippen LogP contribution in [0.1, 0.15) is 22.8 Å². The van der Waals surface area contributed by atoms with Crippen LogP contribution < -0.4 is 14.8 Å². The third kappa shape index (κ3) is 5.84. The summed E-state index contributed by atoms with van der Waals surface area (Å²) in [6.07, 6.45) is 0. The Morgan fingerprint density at radius 2 is 1.57 bits per heavy atom. The van der Waals surface area contributed by atoms with Crippen molar-refractivity contribution in [1.29, 1.82) is 0 Å². The summed E-state index contributed by atoms with van der Waals surface area (Å²) < 4.78 is 33.1. The average molecular weight is 425 g/mol. The molecule has 30 heavy (non-hydrogen) atoms. The number of amides is 1. The quantitative estimate of drug-likeness (QED) is 0.573. The molecule has 0 aliphatic carbocycles. The van der Waals surface area contributed by atoms with Gasteiger partial charge in [0.1, 0.15) is 12.4 Å². The molecule has 0 aliphatic rings. The van der Waals surface area contributed by atoms with Crippen LogP contribution in [-0.2, 0) is 10.0 Å². The number of carbonyl (C=O) groups excluding carboxylic acids is 1. The molecule has 0 heterocycles. The zero-order valence-corrected chi connectivity index (χ0v) is 17.6. The summed E-state index contributed by atoms with van der Waals surface area (Å²) in [5.74, 6) is 0.482. The van der Waals surface area contributed by atoms with Gasteiger partial charge >= 0.3 is 0 Å². The van der Waals surface area contributed by atoms with Gasteiger partial charge in [-0.2, -0.15) is 0 Å². The normalized spacial score (nSPS) is 12.1. The number of carbonyl (C=O) groups is 1. The number of benzene rings is 3. The molecule has 6 nitrogen and oxygen atoms in total. The number of hydrogen-bond acceptors (Lipinski definition) is 4. The van der Waals surface area contributed by atoms with Gasteiger partial charge in [-0.05, 0) is 62.4 Å². The molecule has 3 rings (SSSR count). The highest BCUT2D eigenvalue weighted by molar-refractivity contribution is 7.92. The highest BCUT2D eigenvalue weighted by atomic mass is 32.2. The second-order valence-corrected chi connectivity index (χ2v) is 8.68. The topological polar surface area (TPSA) is 84.5 Å². The summed E-state index contributed by atoms with van der Waals surface area (Å²) in [4.78, 5) is 12.6. The van der Waals surface area contributed by atoms with Crippen molar-refractivity contribution >= 4 is 21.6 Å². The maximum absolute atomic E-state index is 12.5. The largest absolute Gasteiger partial charge is 0.491 e. The molecule has 0 bridgehead atoms. The van der Waals surface area contributed by atoms with Crippen molar-refractivity contribution in [3.63, 3.8) is 0 Å². The lowest BCUT2D eigenvalue weighted by molar-refractivity contribution is 0.0926. The van der Waals surface area contributed by atoms with Crippen LogP contribution in [0.5, 0.6) is 5.75 Å². The first-order chi connectivity index (χ1) is 14.3. The standard InChI is InChI=1S/C23H24N2O4S/c1-17-8-14-22(15-9-17)30(27,28)25-20-12-10-19(11-13-20)23(26)24-18(2)16-29-21-6-4-3-5-7-21/h3-15,18,25H,16H2,1-2H3,(H,24,26)/t18-/m1/s1. The van der Waals surface area contributed by atoms with E-state index in [0.717, 1.165) is 11.3 Å². The van der Waals surface area contributed by atoms with Gasteiger partial charge in [0.2, 0.25) is 0 Å². The van der Waals surface area contributed by atoms with Crippen LogP contribution >= 0.6 is 0 Å². The zero-order valence-electron chi connectivity index (χ0n) is 16.8. The van der Waals surface area contributed by atoms with E-state index in [-0.39, 0.29) is 16.8 Å². The second kappa shape index (κ2) is 9.45. The van der Waals surface area contributed by atoms with Crippen molar-refractivity contribution in [2.24, 2.45) is 0 Å². The van der Waals surface area contributed by atoms with E-state index in [1.807, 2.05) is 44.2 Å². The van der Waals surface area contributed by atoms with E-state index in [4.69, 9.17) is 4.74 Å². The lowest BCUT2D eigenvalue weighted by atomic mass is 10.2. The Morgan fingerprint density at radius 1 is 0.933 bits per heavy atom. The highest BCUT2D eigenvalue weighted by Gasteiger charge is 2.15. The first kappa shape index (κ1) is 21.4. The third-order valence-electron chi connectivity index (χ3n) is 4.35. The van der Waals surface area contributed by atoms with Gasteiger partial charge in [0.05, 0.1) is 10.9 Å². The predicted molar refractivity (Wildman–Crippen MR) is 117 cm³/mol. The van der Waals surface area contributed by atoms with Crippen molar-refractivity contribution in [1.82, 2.24) is 5.32 Å². The number of ether oxygens (including phenoxy) is 1. The minimum atomic E-state index is -3.68. The molecule has 0 fully saturated rings. The fourth-order valence-corrected chi connectivity index (χ4v) is 3.77. The molecule has 1 atom stereocenters. The van der Waals surface area contributed by atoms with E-state index in [1.165, 1.54) is 0 Å². The molecule has 3 aromatic carbocycles. The summed E-state index contributed by atoms with van der Waals surface area (Å²) in [5, 5.41) is 2.86. The molecule has 0 aromatic heterocycles. The van der Waals surface area contributed by atoms with Crippen LogP contribution in [0, 0.1) is 6.92 Å². The smallest absolute Gasteiger partial charge is 0.261 e. The van der Waals surface area contributed by atoms with Crippen LogP contribution in [0.2, 0.25) is 0 Å². The van der Waals surface area contributed by atoms with Crippen LogP contribution in [0.15, 0.2) is 83.8 Å². The molecule has 7 heteroatoms. The van der Waals surface area contributed by atoms with Crippen molar-refractivity contribution < 1.29 is 17.9 Å². The maximum Gasteiger partial charge on any atom is 0.261 e. The Labute approximate surface area is 177 Å². The first-order valence-electron chi connectivity index (χ1n) is 9.52. The average Bonchev–Trinajstić information content (AvgIpc) is 2.73. The van der Waals surface area contributed by atoms with Gasteiger partial charge in [0, 0.05) is 11.3 Å². The summed E-state index contributed by atoms with van der Waals surface area (Å²) >= 11 is 0. The number of hydrogen-bond donors (Lipinski definition) is 2. The molecule has 0 aliphatic heterocycles. The lowest BCUT2D eigenvalue weighted by Crippen LogP contribution is -2.36. The zero-order chi connectivity index (χ0) is 21.6. The summed E-state index contributed by atoms with van der Waals surface area (Å²) in [6.45, 7) is 4.08. The van der Waals surface area contributed by atoms with E-state index >= 15 is 0 Å². The van der Waals surface area contributed by atoms with Crippen LogP contribution in [0.4, 0.5) is 5.69 Å². The van der Waals surface area contributed by atoms with Gasteiger partial charge in [-0.1, -0.05) is 35.9 Å². The molecule has 0 spiro atoms. The summed E-state index contributed by atoms with van der Waals surface area (Å²) in [6, 6.07) is 22.0. The molecule has 0 saturated carbocycles.